The Hall–Kier alpha value is -3.25. The van der Waals surface area contributed by atoms with Gasteiger partial charge in [-0.05, 0) is 44.5 Å². The van der Waals surface area contributed by atoms with Gasteiger partial charge in [0, 0.05) is 24.4 Å². The first kappa shape index (κ1) is 23.4. The van der Waals surface area contributed by atoms with Crippen molar-refractivity contribution >= 4 is 54.5 Å². The predicted molar refractivity (Wildman–Crippen MR) is 125 cm³/mol. The lowest BCUT2D eigenvalue weighted by Gasteiger charge is -2.29. The lowest BCUT2D eigenvalue weighted by molar-refractivity contribution is -0.384. The first-order chi connectivity index (χ1) is 14.9. The SMILES string of the molecule is CCn1c(=O)sc2cc(NC(=O)C(C)N(c3cc([N+](=O)[O-])ccc3C)S(C)(=O)=O)ccc21. The maximum absolute atomic E-state index is 13.0. The zero-order valence-corrected chi connectivity index (χ0v) is 19.5. The van der Waals surface area contributed by atoms with Gasteiger partial charge in [-0.25, -0.2) is 8.42 Å². The molecule has 1 heterocycles. The molecule has 10 nitrogen and oxygen atoms in total. The van der Waals surface area contributed by atoms with E-state index in [-0.39, 0.29) is 16.2 Å². The van der Waals surface area contributed by atoms with Crippen molar-refractivity contribution in [1.29, 1.82) is 0 Å². The van der Waals surface area contributed by atoms with Gasteiger partial charge in [0.1, 0.15) is 6.04 Å². The summed E-state index contributed by atoms with van der Waals surface area (Å²) in [6, 6.07) is 7.65. The maximum Gasteiger partial charge on any atom is 0.308 e. The summed E-state index contributed by atoms with van der Waals surface area (Å²) < 4.78 is 28.3. The van der Waals surface area contributed by atoms with Crippen LogP contribution >= 0.6 is 11.3 Å². The molecule has 0 saturated carbocycles. The first-order valence-electron chi connectivity index (χ1n) is 9.62. The number of aromatic nitrogens is 1. The van der Waals surface area contributed by atoms with Crippen LogP contribution in [0.1, 0.15) is 19.4 Å². The Morgan fingerprint density at radius 2 is 1.97 bits per heavy atom. The van der Waals surface area contributed by atoms with Gasteiger partial charge in [-0.2, -0.15) is 0 Å². The summed E-state index contributed by atoms with van der Waals surface area (Å²) in [5, 5.41) is 13.8. The Labute approximate surface area is 188 Å². The van der Waals surface area contributed by atoms with Crippen LogP contribution in [0.3, 0.4) is 0 Å². The highest BCUT2D eigenvalue weighted by atomic mass is 32.2. The van der Waals surface area contributed by atoms with Gasteiger partial charge in [0.25, 0.3) is 5.69 Å². The fraction of sp³-hybridized carbons (Fsp3) is 0.300. The van der Waals surface area contributed by atoms with E-state index in [0.717, 1.165) is 33.5 Å². The monoisotopic (exact) mass is 478 g/mol. The van der Waals surface area contributed by atoms with E-state index in [0.29, 0.717) is 22.5 Å². The van der Waals surface area contributed by atoms with E-state index in [9.17, 15) is 28.1 Å². The molecule has 12 heteroatoms. The molecule has 170 valence electrons. The number of nitro groups is 1. The smallest absolute Gasteiger partial charge is 0.308 e. The molecule has 1 amide bonds. The number of nitrogens with one attached hydrogen (secondary N) is 1. The summed E-state index contributed by atoms with van der Waals surface area (Å²) in [4.78, 5) is 35.4. The summed E-state index contributed by atoms with van der Waals surface area (Å²) in [6.45, 7) is 5.39. The number of carbonyl (C=O) groups excluding carboxylic acids is 1. The standard InChI is InChI=1S/C20H22N4O6S2/c1-5-22-16-9-7-14(10-18(16)31-20(22)26)21-19(25)13(3)23(32(4,29)30)17-11-15(24(27)28)8-6-12(17)2/h6-11,13H,5H2,1-4H3,(H,21,25). The normalized spacial score (nSPS) is 12.5. The molecule has 1 N–H and O–H groups in total. The van der Waals surface area contributed by atoms with Crippen LogP contribution in [0.5, 0.6) is 0 Å². The van der Waals surface area contributed by atoms with Crippen LogP contribution in [0.25, 0.3) is 10.2 Å². The number of non-ortho nitro benzene ring substituents is 1. The van der Waals surface area contributed by atoms with Crippen molar-refractivity contribution in [3.05, 3.63) is 61.7 Å². The minimum Gasteiger partial charge on any atom is -0.324 e. The van der Waals surface area contributed by atoms with E-state index in [4.69, 9.17) is 0 Å². The summed E-state index contributed by atoms with van der Waals surface area (Å²) in [7, 11) is -3.95. The van der Waals surface area contributed by atoms with Crippen molar-refractivity contribution in [3.63, 3.8) is 0 Å². The van der Waals surface area contributed by atoms with Crippen molar-refractivity contribution in [2.75, 3.05) is 15.9 Å². The van der Waals surface area contributed by atoms with Gasteiger partial charge in [0.2, 0.25) is 15.9 Å². The zero-order valence-electron chi connectivity index (χ0n) is 17.9. The van der Waals surface area contributed by atoms with E-state index in [2.05, 4.69) is 5.32 Å². The minimum atomic E-state index is -3.95. The molecule has 3 rings (SSSR count). The molecule has 0 saturated heterocycles. The highest BCUT2D eigenvalue weighted by molar-refractivity contribution is 7.92. The fourth-order valence-electron chi connectivity index (χ4n) is 3.42. The second-order valence-electron chi connectivity index (χ2n) is 7.25. The van der Waals surface area contributed by atoms with Gasteiger partial charge < -0.3 is 5.32 Å². The summed E-state index contributed by atoms with van der Waals surface area (Å²) in [5.74, 6) is -0.622. The average Bonchev–Trinajstić information content (AvgIpc) is 3.02. The fourth-order valence-corrected chi connectivity index (χ4v) is 5.64. The van der Waals surface area contributed by atoms with Crippen LogP contribution in [-0.2, 0) is 21.4 Å². The highest BCUT2D eigenvalue weighted by Crippen LogP contribution is 2.30. The van der Waals surface area contributed by atoms with Crippen LogP contribution in [0.4, 0.5) is 17.1 Å². The van der Waals surface area contributed by atoms with Gasteiger partial charge in [-0.1, -0.05) is 17.4 Å². The van der Waals surface area contributed by atoms with Crippen molar-refractivity contribution in [2.45, 2.75) is 33.4 Å². The molecule has 0 fully saturated rings. The number of nitro benzene ring substituents is 1. The van der Waals surface area contributed by atoms with Crippen molar-refractivity contribution < 1.29 is 18.1 Å². The molecule has 0 aliphatic carbocycles. The lowest BCUT2D eigenvalue weighted by Crippen LogP contribution is -2.45. The third-order valence-corrected chi connectivity index (χ3v) is 7.15. The molecule has 1 aromatic heterocycles. The van der Waals surface area contributed by atoms with E-state index in [1.54, 1.807) is 29.7 Å². The second kappa shape index (κ2) is 8.71. The molecule has 32 heavy (non-hydrogen) atoms. The molecular weight excluding hydrogens is 456 g/mol. The lowest BCUT2D eigenvalue weighted by atomic mass is 10.1. The van der Waals surface area contributed by atoms with Gasteiger partial charge >= 0.3 is 4.87 Å². The van der Waals surface area contributed by atoms with Crippen molar-refractivity contribution in [3.8, 4) is 0 Å². The first-order valence-corrected chi connectivity index (χ1v) is 12.3. The van der Waals surface area contributed by atoms with Gasteiger partial charge in [0.05, 0.1) is 27.1 Å². The summed E-state index contributed by atoms with van der Waals surface area (Å²) >= 11 is 1.05. The molecule has 0 aliphatic heterocycles. The Bertz CT molecular complexity index is 1380. The molecule has 1 atom stereocenters. The minimum absolute atomic E-state index is 0.0537. The number of carbonyl (C=O) groups is 1. The van der Waals surface area contributed by atoms with Crippen LogP contribution < -0.4 is 14.5 Å². The van der Waals surface area contributed by atoms with E-state index >= 15 is 0 Å². The number of fused-ring (bicyclic) bond motifs is 1. The zero-order chi connectivity index (χ0) is 23.8. The number of nitrogens with zero attached hydrogens (tertiary/aromatic N) is 3. The van der Waals surface area contributed by atoms with E-state index in [1.165, 1.54) is 19.1 Å². The average molecular weight is 479 g/mol. The Morgan fingerprint density at radius 3 is 2.56 bits per heavy atom. The van der Waals surface area contributed by atoms with Crippen LogP contribution in [0.2, 0.25) is 0 Å². The topological polar surface area (TPSA) is 132 Å². The molecule has 0 spiro atoms. The maximum atomic E-state index is 13.0. The number of amides is 1. The summed E-state index contributed by atoms with van der Waals surface area (Å²) in [5.41, 5.74) is 1.39. The van der Waals surface area contributed by atoms with Gasteiger partial charge in [0.15, 0.2) is 0 Å². The summed E-state index contributed by atoms with van der Waals surface area (Å²) in [6.07, 6.45) is 0.937. The van der Waals surface area contributed by atoms with Crippen molar-refractivity contribution in [1.82, 2.24) is 4.57 Å². The number of thiazole rings is 1. The van der Waals surface area contributed by atoms with Gasteiger partial charge in [-0.15, -0.1) is 0 Å². The third-order valence-electron chi connectivity index (χ3n) is 4.98. The van der Waals surface area contributed by atoms with E-state index < -0.39 is 26.9 Å². The number of hydrogen-bond donors (Lipinski definition) is 1. The Morgan fingerprint density at radius 1 is 1.28 bits per heavy atom. The number of hydrogen-bond acceptors (Lipinski definition) is 7. The molecule has 0 aliphatic rings. The number of anilines is 2. The van der Waals surface area contributed by atoms with Crippen LogP contribution in [-0.4, -0.2) is 36.1 Å². The number of aryl methyl sites for hydroxylation is 2. The predicted octanol–water partition coefficient (Wildman–Crippen LogP) is 3.09. The highest BCUT2D eigenvalue weighted by Gasteiger charge is 2.31. The number of benzene rings is 2. The van der Waals surface area contributed by atoms with Crippen molar-refractivity contribution in [2.24, 2.45) is 0 Å². The van der Waals surface area contributed by atoms with Gasteiger partial charge in [-0.3, -0.25) is 28.6 Å². The third kappa shape index (κ3) is 4.50. The van der Waals surface area contributed by atoms with Crippen LogP contribution in [0.15, 0.2) is 41.2 Å². The Kier molecular flexibility index (Phi) is 6.37. The number of sulfonamides is 1. The molecule has 0 radical (unpaired) electrons. The molecular formula is C20H22N4O6S2. The largest absolute Gasteiger partial charge is 0.324 e. The number of rotatable bonds is 7. The van der Waals surface area contributed by atoms with Crippen LogP contribution in [0, 0.1) is 17.0 Å². The molecule has 3 aromatic rings. The molecule has 2 aromatic carbocycles. The van der Waals surface area contributed by atoms with E-state index in [1.807, 2.05) is 6.92 Å². The second-order valence-corrected chi connectivity index (χ2v) is 10.1. The quantitative estimate of drug-likeness (QED) is 0.410. The molecule has 0 bridgehead atoms. The Balaban J connectivity index is 1.96. The molecule has 1 unspecified atom stereocenters.